The van der Waals surface area contributed by atoms with Crippen LogP contribution in [-0.2, 0) is 4.74 Å². The molecule has 1 aliphatic heterocycles. The van der Waals surface area contributed by atoms with Crippen LogP contribution in [0.15, 0.2) is 27.1 Å². The molecule has 1 saturated heterocycles. The minimum absolute atomic E-state index is 0.261. The van der Waals surface area contributed by atoms with Crippen LogP contribution in [0.1, 0.15) is 44.7 Å². The van der Waals surface area contributed by atoms with Gasteiger partial charge in [0.05, 0.1) is 18.2 Å². The first-order valence-corrected chi connectivity index (χ1v) is 8.54. The second-order valence-electron chi connectivity index (χ2n) is 5.16. The molecule has 0 spiro atoms. The minimum atomic E-state index is 0.261. The first kappa shape index (κ1) is 15.5. The highest BCUT2D eigenvalue weighted by molar-refractivity contribution is 9.11. The molecule has 1 fully saturated rings. The Morgan fingerprint density at radius 3 is 2.79 bits per heavy atom. The average Bonchev–Trinajstić information content (AvgIpc) is 2.80. The van der Waals surface area contributed by atoms with Crippen molar-refractivity contribution >= 4 is 31.9 Å². The Balaban J connectivity index is 2.23. The number of halogens is 2. The first-order chi connectivity index (χ1) is 9.11. The van der Waals surface area contributed by atoms with E-state index < -0.39 is 0 Å². The SMILES string of the molecule is CCCNC(c1cc(Br)ccc1Br)C1CCC(C)O1. The van der Waals surface area contributed by atoms with Crippen LogP contribution in [0.5, 0.6) is 0 Å². The minimum Gasteiger partial charge on any atom is -0.373 e. The van der Waals surface area contributed by atoms with Gasteiger partial charge in [-0.1, -0.05) is 38.8 Å². The standard InChI is InChI=1S/C15H21Br2NO/c1-3-8-18-15(14-7-4-10(2)19-14)12-9-11(16)5-6-13(12)17/h5-6,9-10,14-15,18H,3-4,7-8H2,1-2H3. The summed E-state index contributed by atoms with van der Waals surface area (Å²) in [5.41, 5.74) is 1.28. The molecule has 1 aromatic carbocycles. The van der Waals surface area contributed by atoms with E-state index >= 15 is 0 Å². The van der Waals surface area contributed by atoms with Crippen LogP contribution in [0.4, 0.5) is 0 Å². The van der Waals surface area contributed by atoms with Crippen LogP contribution in [0, 0.1) is 0 Å². The molecule has 0 saturated carbocycles. The van der Waals surface area contributed by atoms with E-state index in [-0.39, 0.29) is 12.1 Å². The fourth-order valence-corrected chi connectivity index (χ4v) is 3.45. The Kier molecular flexibility index (Phi) is 5.87. The van der Waals surface area contributed by atoms with Gasteiger partial charge in [0.2, 0.25) is 0 Å². The maximum atomic E-state index is 6.07. The van der Waals surface area contributed by atoms with E-state index in [0.29, 0.717) is 6.10 Å². The van der Waals surface area contributed by atoms with Gasteiger partial charge in [-0.25, -0.2) is 0 Å². The summed E-state index contributed by atoms with van der Waals surface area (Å²) in [5, 5.41) is 3.64. The number of benzene rings is 1. The highest BCUT2D eigenvalue weighted by atomic mass is 79.9. The second-order valence-corrected chi connectivity index (χ2v) is 6.93. The summed E-state index contributed by atoms with van der Waals surface area (Å²) >= 11 is 7.23. The monoisotopic (exact) mass is 389 g/mol. The molecule has 0 amide bonds. The summed E-state index contributed by atoms with van der Waals surface area (Å²) in [6.45, 7) is 5.36. The van der Waals surface area contributed by atoms with E-state index in [4.69, 9.17) is 4.74 Å². The van der Waals surface area contributed by atoms with Crippen molar-refractivity contribution in [2.45, 2.75) is 51.4 Å². The number of hydrogen-bond donors (Lipinski definition) is 1. The van der Waals surface area contributed by atoms with Gasteiger partial charge in [0.1, 0.15) is 0 Å². The normalized spacial score (nSPS) is 24.6. The smallest absolute Gasteiger partial charge is 0.0774 e. The van der Waals surface area contributed by atoms with Crippen molar-refractivity contribution in [2.24, 2.45) is 0 Å². The molecular formula is C15H21Br2NO. The molecule has 0 aliphatic carbocycles. The van der Waals surface area contributed by atoms with Gasteiger partial charge in [-0.2, -0.15) is 0 Å². The van der Waals surface area contributed by atoms with E-state index in [1.165, 1.54) is 5.56 Å². The van der Waals surface area contributed by atoms with Crippen LogP contribution in [0.3, 0.4) is 0 Å². The summed E-state index contributed by atoms with van der Waals surface area (Å²) in [4.78, 5) is 0. The van der Waals surface area contributed by atoms with E-state index in [1.807, 2.05) is 0 Å². The molecule has 3 unspecified atom stereocenters. The maximum Gasteiger partial charge on any atom is 0.0774 e. The van der Waals surface area contributed by atoms with Crippen LogP contribution < -0.4 is 5.32 Å². The van der Waals surface area contributed by atoms with Crippen LogP contribution >= 0.6 is 31.9 Å². The molecule has 2 nitrogen and oxygen atoms in total. The van der Waals surface area contributed by atoms with Gasteiger partial charge < -0.3 is 10.1 Å². The highest BCUT2D eigenvalue weighted by Gasteiger charge is 2.31. The topological polar surface area (TPSA) is 21.3 Å². The molecule has 1 aromatic rings. The van der Waals surface area contributed by atoms with Crippen LogP contribution in [0.25, 0.3) is 0 Å². The van der Waals surface area contributed by atoms with Crippen molar-refractivity contribution in [3.05, 3.63) is 32.7 Å². The summed E-state index contributed by atoms with van der Waals surface area (Å²) < 4.78 is 8.33. The van der Waals surface area contributed by atoms with Gasteiger partial charge in [-0.3, -0.25) is 0 Å². The van der Waals surface area contributed by atoms with Crippen LogP contribution in [0.2, 0.25) is 0 Å². The quantitative estimate of drug-likeness (QED) is 0.777. The van der Waals surface area contributed by atoms with Gasteiger partial charge in [-0.15, -0.1) is 0 Å². The molecule has 0 radical (unpaired) electrons. The third kappa shape index (κ3) is 4.03. The van der Waals surface area contributed by atoms with Gasteiger partial charge in [-0.05, 0) is 56.5 Å². The Bertz CT molecular complexity index is 425. The van der Waals surface area contributed by atoms with Gasteiger partial charge >= 0.3 is 0 Å². The summed E-state index contributed by atoms with van der Waals surface area (Å²) in [6, 6.07) is 6.60. The maximum absolute atomic E-state index is 6.07. The second kappa shape index (κ2) is 7.21. The lowest BCUT2D eigenvalue weighted by Crippen LogP contribution is -2.33. The molecule has 0 aromatic heterocycles. The van der Waals surface area contributed by atoms with Crippen molar-refractivity contribution in [1.82, 2.24) is 5.32 Å². The number of rotatable bonds is 5. The van der Waals surface area contributed by atoms with Crippen molar-refractivity contribution < 1.29 is 4.74 Å². The molecule has 2 rings (SSSR count). The zero-order valence-electron chi connectivity index (χ0n) is 11.5. The van der Waals surface area contributed by atoms with Gasteiger partial charge in [0.15, 0.2) is 0 Å². The van der Waals surface area contributed by atoms with Gasteiger partial charge in [0.25, 0.3) is 0 Å². The summed E-state index contributed by atoms with van der Waals surface area (Å²) in [7, 11) is 0. The average molecular weight is 391 g/mol. The summed E-state index contributed by atoms with van der Waals surface area (Å²) in [5.74, 6) is 0. The Morgan fingerprint density at radius 1 is 1.37 bits per heavy atom. The predicted octanol–water partition coefficient (Wildman–Crippen LogP) is 4.82. The fraction of sp³-hybridized carbons (Fsp3) is 0.600. The van der Waals surface area contributed by atoms with Crippen molar-refractivity contribution in [3.8, 4) is 0 Å². The van der Waals surface area contributed by atoms with Gasteiger partial charge in [0, 0.05) is 8.95 Å². The first-order valence-electron chi connectivity index (χ1n) is 6.95. The fourth-order valence-electron chi connectivity index (χ4n) is 2.57. The Morgan fingerprint density at radius 2 is 2.16 bits per heavy atom. The van der Waals surface area contributed by atoms with Crippen molar-refractivity contribution in [3.63, 3.8) is 0 Å². The lowest BCUT2D eigenvalue weighted by atomic mass is 9.99. The molecule has 19 heavy (non-hydrogen) atoms. The molecule has 0 bridgehead atoms. The van der Waals surface area contributed by atoms with E-state index in [9.17, 15) is 0 Å². The lowest BCUT2D eigenvalue weighted by molar-refractivity contribution is 0.0314. The summed E-state index contributed by atoms with van der Waals surface area (Å²) in [6.07, 6.45) is 4.06. The molecule has 1 N–H and O–H groups in total. The third-order valence-corrected chi connectivity index (χ3v) is 4.76. The molecule has 3 atom stereocenters. The third-order valence-electron chi connectivity index (χ3n) is 3.54. The van der Waals surface area contributed by atoms with Crippen LogP contribution in [-0.4, -0.2) is 18.8 Å². The largest absolute Gasteiger partial charge is 0.373 e. The molecule has 106 valence electrons. The molecule has 4 heteroatoms. The number of nitrogens with one attached hydrogen (secondary N) is 1. The Labute approximate surface area is 132 Å². The molecule has 1 aliphatic rings. The highest BCUT2D eigenvalue weighted by Crippen LogP contribution is 2.35. The predicted molar refractivity (Wildman–Crippen MR) is 86.4 cm³/mol. The van der Waals surface area contributed by atoms with Crippen molar-refractivity contribution in [1.29, 1.82) is 0 Å². The zero-order chi connectivity index (χ0) is 13.8. The Hall–Kier alpha value is 0.1000. The molecular weight excluding hydrogens is 370 g/mol. The van der Waals surface area contributed by atoms with E-state index in [1.54, 1.807) is 0 Å². The lowest BCUT2D eigenvalue weighted by Gasteiger charge is -2.26. The number of ether oxygens (including phenoxy) is 1. The molecule has 1 heterocycles. The zero-order valence-corrected chi connectivity index (χ0v) is 14.6. The van der Waals surface area contributed by atoms with Crippen molar-refractivity contribution in [2.75, 3.05) is 6.54 Å². The van der Waals surface area contributed by atoms with E-state index in [2.05, 4.69) is 69.2 Å². The number of hydrogen-bond acceptors (Lipinski definition) is 2. The van der Waals surface area contributed by atoms with E-state index in [0.717, 1.165) is 34.8 Å².